The van der Waals surface area contributed by atoms with Crippen molar-refractivity contribution in [2.24, 2.45) is 0 Å². The summed E-state index contributed by atoms with van der Waals surface area (Å²) in [6.07, 6.45) is 1.17. The number of nitro benzene ring substituents is 1. The number of nitro groups is 1. The fourth-order valence-electron chi connectivity index (χ4n) is 1.96. The van der Waals surface area contributed by atoms with Gasteiger partial charge >= 0.3 is 5.69 Å². The summed E-state index contributed by atoms with van der Waals surface area (Å²) in [6.45, 7) is 0.976. The highest BCUT2D eigenvalue weighted by atomic mass is 19.1. The lowest BCUT2D eigenvalue weighted by Crippen LogP contribution is -2.39. The molecule has 1 aromatic carbocycles. The molecule has 1 saturated heterocycles. The summed E-state index contributed by atoms with van der Waals surface area (Å²) in [7, 11) is 0. The first-order valence-electron chi connectivity index (χ1n) is 6.01. The highest BCUT2D eigenvalue weighted by Gasteiger charge is 2.24. The van der Waals surface area contributed by atoms with Gasteiger partial charge in [0, 0.05) is 19.3 Å². The van der Waals surface area contributed by atoms with Gasteiger partial charge in [-0.25, -0.2) is 4.39 Å². The summed E-state index contributed by atoms with van der Waals surface area (Å²) in [6, 6.07) is 0.782. The van der Waals surface area contributed by atoms with E-state index in [0.29, 0.717) is 38.2 Å². The molecule has 2 rings (SSSR count). The normalized spacial score (nSPS) is 15.9. The van der Waals surface area contributed by atoms with E-state index in [2.05, 4.69) is 5.32 Å². The van der Waals surface area contributed by atoms with Gasteiger partial charge < -0.3 is 10.1 Å². The number of benzene rings is 1. The Hall–Kier alpha value is -2.09. The molecule has 1 amide bonds. The van der Waals surface area contributed by atoms with Gasteiger partial charge in [0.15, 0.2) is 0 Å². The summed E-state index contributed by atoms with van der Waals surface area (Å²) < 4.78 is 32.2. The zero-order valence-electron chi connectivity index (χ0n) is 10.4. The number of hydrogen-bond donors (Lipinski definition) is 1. The molecule has 0 atom stereocenters. The van der Waals surface area contributed by atoms with Crippen molar-refractivity contribution >= 4 is 11.6 Å². The van der Waals surface area contributed by atoms with E-state index in [1.54, 1.807) is 0 Å². The van der Waals surface area contributed by atoms with E-state index in [0.717, 1.165) is 0 Å². The van der Waals surface area contributed by atoms with Crippen molar-refractivity contribution in [3.63, 3.8) is 0 Å². The van der Waals surface area contributed by atoms with Crippen LogP contribution in [0.2, 0.25) is 0 Å². The van der Waals surface area contributed by atoms with Crippen molar-refractivity contribution in [1.29, 1.82) is 0 Å². The van der Waals surface area contributed by atoms with E-state index < -0.39 is 33.7 Å². The molecule has 8 heteroatoms. The predicted octanol–water partition coefficient (Wildman–Crippen LogP) is 1.78. The highest BCUT2D eigenvalue weighted by molar-refractivity contribution is 5.95. The topological polar surface area (TPSA) is 81.5 Å². The number of amides is 1. The van der Waals surface area contributed by atoms with Crippen molar-refractivity contribution < 1.29 is 23.2 Å². The first-order valence-corrected chi connectivity index (χ1v) is 6.01. The summed E-state index contributed by atoms with van der Waals surface area (Å²) in [5, 5.41) is 13.0. The maximum Gasteiger partial charge on any atom is 0.307 e. The molecule has 1 N–H and O–H groups in total. The molecular formula is C12H12F2N2O4. The van der Waals surface area contributed by atoms with Crippen molar-refractivity contribution in [3.05, 3.63) is 39.4 Å². The zero-order chi connectivity index (χ0) is 14.7. The average molecular weight is 286 g/mol. The first-order chi connectivity index (χ1) is 9.49. The van der Waals surface area contributed by atoms with E-state index in [-0.39, 0.29) is 6.04 Å². The van der Waals surface area contributed by atoms with Crippen LogP contribution in [0.3, 0.4) is 0 Å². The smallest absolute Gasteiger partial charge is 0.307 e. The monoisotopic (exact) mass is 286 g/mol. The second-order valence-corrected chi connectivity index (χ2v) is 4.40. The Balaban J connectivity index is 2.17. The second kappa shape index (κ2) is 5.91. The highest BCUT2D eigenvalue weighted by Crippen LogP contribution is 2.21. The van der Waals surface area contributed by atoms with E-state index in [1.165, 1.54) is 0 Å². The SMILES string of the molecule is O=C(NC1CCOCC1)c1cc(F)c([N+](=O)[O-])cc1F. The number of hydrogen-bond acceptors (Lipinski definition) is 4. The molecule has 1 heterocycles. The van der Waals surface area contributed by atoms with Gasteiger partial charge in [-0.3, -0.25) is 14.9 Å². The fraction of sp³-hybridized carbons (Fsp3) is 0.417. The molecule has 108 valence electrons. The minimum absolute atomic E-state index is 0.172. The van der Waals surface area contributed by atoms with Crippen molar-refractivity contribution in [2.45, 2.75) is 18.9 Å². The third-order valence-electron chi connectivity index (χ3n) is 3.03. The quantitative estimate of drug-likeness (QED) is 0.678. The lowest BCUT2D eigenvalue weighted by Gasteiger charge is -2.23. The Kier molecular flexibility index (Phi) is 4.23. The summed E-state index contributed by atoms with van der Waals surface area (Å²) in [4.78, 5) is 21.3. The molecule has 0 bridgehead atoms. The van der Waals surface area contributed by atoms with E-state index in [4.69, 9.17) is 4.74 Å². The van der Waals surface area contributed by atoms with Crippen LogP contribution >= 0.6 is 0 Å². The molecule has 1 aromatic rings. The van der Waals surface area contributed by atoms with Crippen LogP contribution in [0, 0.1) is 21.7 Å². The third kappa shape index (κ3) is 3.08. The number of nitrogens with one attached hydrogen (secondary N) is 1. The molecule has 0 radical (unpaired) electrons. The van der Waals surface area contributed by atoms with Crippen LogP contribution in [-0.2, 0) is 4.74 Å². The number of halogens is 2. The third-order valence-corrected chi connectivity index (χ3v) is 3.03. The molecule has 0 aromatic heterocycles. The number of ether oxygens (including phenoxy) is 1. The Labute approximate surface area is 112 Å². The summed E-state index contributed by atoms with van der Waals surface area (Å²) in [5.74, 6) is -3.15. The Morgan fingerprint density at radius 3 is 2.55 bits per heavy atom. The molecule has 1 aliphatic rings. The van der Waals surface area contributed by atoms with Crippen LogP contribution in [0.5, 0.6) is 0 Å². The van der Waals surface area contributed by atoms with E-state index in [9.17, 15) is 23.7 Å². The molecule has 0 aliphatic carbocycles. The van der Waals surface area contributed by atoms with Gasteiger partial charge in [-0.1, -0.05) is 0 Å². The van der Waals surface area contributed by atoms with Crippen LogP contribution in [0.15, 0.2) is 12.1 Å². The molecule has 0 spiro atoms. The first kappa shape index (κ1) is 14.3. The largest absolute Gasteiger partial charge is 0.381 e. The van der Waals surface area contributed by atoms with E-state index >= 15 is 0 Å². The van der Waals surface area contributed by atoms with Crippen LogP contribution in [0.1, 0.15) is 23.2 Å². The number of rotatable bonds is 3. The maximum atomic E-state index is 13.6. The van der Waals surface area contributed by atoms with Gasteiger partial charge in [0.1, 0.15) is 5.82 Å². The fourth-order valence-corrected chi connectivity index (χ4v) is 1.96. The molecule has 0 saturated carbocycles. The van der Waals surface area contributed by atoms with Crippen LogP contribution in [0.4, 0.5) is 14.5 Å². The number of carbonyl (C=O) groups excluding carboxylic acids is 1. The Morgan fingerprint density at radius 2 is 1.95 bits per heavy atom. The standard InChI is InChI=1S/C12H12F2N2O4/c13-9-6-11(16(18)19)10(14)5-8(9)12(17)15-7-1-3-20-4-2-7/h5-7H,1-4H2,(H,15,17). The van der Waals surface area contributed by atoms with Gasteiger partial charge in [-0.2, -0.15) is 4.39 Å². The molecule has 20 heavy (non-hydrogen) atoms. The minimum atomic E-state index is -1.24. The van der Waals surface area contributed by atoms with Gasteiger partial charge in [-0.15, -0.1) is 0 Å². The van der Waals surface area contributed by atoms with Crippen molar-refractivity contribution in [1.82, 2.24) is 5.32 Å². The molecule has 1 fully saturated rings. The second-order valence-electron chi connectivity index (χ2n) is 4.40. The average Bonchev–Trinajstić information content (AvgIpc) is 2.41. The Bertz CT molecular complexity index is 545. The molecule has 1 aliphatic heterocycles. The number of carbonyl (C=O) groups is 1. The van der Waals surface area contributed by atoms with E-state index in [1.807, 2.05) is 0 Å². The number of nitrogens with zero attached hydrogens (tertiary/aromatic N) is 1. The summed E-state index contributed by atoms with van der Waals surface area (Å²) >= 11 is 0. The van der Waals surface area contributed by atoms with Gasteiger partial charge in [0.2, 0.25) is 5.82 Å². The lowest BCUT2D eigenvalue weighted by molar-refractivity contribution is -0.387. The van der Waals surface area contributed by atoms with Crippen LogP contribution < -0.4 is 5.32 Å². The maximum absolute atomic E-state index is 13.6. The molecule has 6 nitrogen and oxygen atoms in total. The Morgan fingerprint density at radius 1 is 1.30 bits per heavy atom. The summed E-state index contributed by atoms with van der Waals surface area (Å²) in [5.41, 5.74) is -1.54. The van der Waals surface area contributed by atoms with Crippen molar-refractivity contribution in [2.75, 3.05) is 13.2 Å². The van der Waals surface area contributed by atoms with Crippen LogP contribution in [0.25, 0.3) is 0 Å². The zero-order valence-corrected chi connectivity index (χ0v) is 10.4. The minimum Gasteiger partial charge on any atom is -0.381 e. The predicted molar refractivity (Wildman–Crippen MR) is 64.3 cm³/mol. The lowest BCUT2D eigenvalue weighted by atomic mass is 10.1. The van der Waals surface area contributed by atoms with Crippen molar-refractivity contribution in [3.8, 4) is 0 Å². The van der Waals surface area contributed by atoms with Gasteiger partial charge in [0.05, 0.1) is 16.6 Å². The molecule has 0 unspecified atom stereocenters. The van der Waals surface area contributed by atoms with Gasteiger partial charge in [0.25, 0.3) is 5.91 Å². The van der Waals surface area contributed by atoms with Crippen LogP contribution in [-0.4, -0.2) is 30.1 Å². The molecular weight excluding hydrogens is 274 g/mol. The van der Waals surface area contributed by atoms with Gasteiger partial charge in [-0.05, 0) is 18.9 Å².